The van der Waals surface area contributed by atoms with Crippen LogP contribution in [0.15, 0.2) is 46.9 Å². The number of aryl methyl sites for hydroxylation is 2. The van der Waals surface area contributed by atoms with Crippen molar-refractivity contribution >= 4 is 0 Å². The number of aromatic nitrogens is 2. The van der Waals surface area contributed by atoms with Crippen molar-refractivity contribution in [2.75, 3.05) is 0 Å². The minimum atomic E-state index is -0.375. The van der Waals surface area contributed by atoms with Crippen LogP contribution in [-0.4, -0.2) is 32.6 Å². The Morgan fingerprint density at radius 3 is 2.07 bits per heavy atom. The van der Waals surface area contributed by atoms with Gasteiger partial charge in [-0.2, -0.15) is 5.10 Å². The van der Waals surface area contributed by atoms with Gasteiger partial charge in [0.1, 0.15) is 0 Å². The molecule has 1 radical (unpaired) electrons. The summed E-state index contributed by atoms with van der Waals surface area (Å²) >= 11 is 0. The summed E-state index contributed by atoms with van der Waals surface area (Å²) in [4.78, 5) is 0. The van der Waals surface area contributed by atoms with Crippen LogP contribution in [0.1, 0.15) is 31.4 Å². The van der Waals surface area contributed by atoms with Crippen LogP contribution in [0.25, 0.3) is 22.9 Å². The van der Waals surface area contributed by atoms with Gasteiger partial charge in [-0.05, 0) is 38.8 Å². The second kappa shape index (κ2) is 11.1. The predicted molar refractivity (Wildman–Crippen MR) is 101 cm³/mol. The van der Waals surface area contributed by atoms with Crippen LogP contribution in [0, 0.1) is 19.9 Å². The maximum absolute atomic E-state index is 8.56. The second-order valence-electron chi connectivity index (χ2n) is 6.39. The molecule has 2 aromatic carbocycles. The van der Waals surface area contributed by atoms with Crippen LogP contribution in [0.2, 0.25) is 0 Å². The van der Waals surface area contributed by atoms with E-state index in [1.807, 2.05) is 56.3 Å². The fraction of sp³-hybridized carbons (Fsp3) is 0.333. The Labute approximate surface area is 173 Å². The van der Waals surface area contributed by atoms with Crippen molar-refractivity contribution in [3.63, 3.8) is 0 Å². The molecule has 5 nitrogen and oxygen atoms in total. The predicted octanol–water partition coefficient (Wildman–Crippen LogP) is 3.96. The Hall–Kier alpha value is -1.85. The monoisotopic (exact) mass is 546 g/mol. The van der Waals surface area contributed by atoms with Crippen molar-refractivity contribution in [2.24, 2.45) is 0 Å². The minimum absolute atomic E-state index is 0. The van der Waals surface area contributed by atoms with Crippen molar-refractivity contribution in [3.05, 3.63) is 59.7 Å². The molecular weight excluding hydrogens is 520 g/mol. The first-order valence-electron chi connectivity index (χ1n) is 8.61. The van der Waals surface area contributed by atoms with Gasteiger partial charge in [0.15, 0.2) is 5.89 Å². The van der Waals surface area contributed by atoms with Crippen LogP contribution in [-0.2, 0) is 20.1 Å². The number of hydrogen-bond acceptors (Lipinski definition) is 5. The zero-order chi connectivity index (χ0) is 19.1. The molecule has 2 N–H and O–H groups in total. The molecule has 1 heterocycles. The van der Waals surface area contributed by atoms with Crippen molar-refractivity contribution in [2.45, 2.75) is 46.3 Å². The third-order valence-electron chi connectivity index (χ3n) is 3.76. The van der Waals surface area contributed by atoms with Gasteiger partial charge < -0.3 is 14.6 Å². The van der Waals surface area contributed by atoms with Gasteiger partial charge in [-0.25, -0.2) is 0 Å². The van der Waals surface area contributed by atoms with E-state index < -0.39 is 0 Å². The number of rotatable bonds is 4. The van der Waals surface area contributed by atoms with Gasteiger partial charge in [-0.15, -0.1) is 34.9 Å². The van der Waals surface area contributed by atoms with Crippen LogP contribution in [0.5, 0.6) is 0 Å². The largest absolute Gasteiger partial charge is 0.464 e. The molecule has 27 heavy (non-hydrogen) atoms. The van der Waals surface area contributed by atoms with E-state index in [0.717, 1.165) is 22.3 Å². The van der Waals surface area contributed by atoms with E-state index in [9.17, 15) is 0 Å². The van der Waals surface area contributed by atoms with Gasteiger partial charge in [0.05, 0.1) is 12.2 Å². The minimum Gasteiger partial charge on any atom is -0.464 e. The smallest absolute Gasteiger partial charge is 0.237 e. The molecule has 0 fully saturated rings. The maximum Gasteiger partial charge on any atom is 0.237 e. The van der Waals surface area contributed by atoms with E-state index in [1.165, 1.54) is 0 Å². The Kier molecular flexibility index (Phi) is 9.53. The number of aliphatic hydroxyl groups excluding tert-OH is 2. The van der Waals surface area contributed by atoms with Crippen molar-refractivity contribution < 1.29 is 34.7 Å². The van der Waals surface area contributed by atoms with Crippen LogP contribution in [0.4, 0.5) is 0 Å². The summed E-state index contributed by atoms with van der Waals surface area (Å²) in [5, 5.41) is 25.4. The summed E-state index contributed by atoms with van der Waals surface area (Å²) in [5.41, 5.74) is 4.01. The SMILES string of the molecule is CC(O)CC(C)O.Cc1ccc[c-]c1-c1nnc(-c2ccccc2C)o1.[Ir]. The van der Waals surface area contributed by atoms with E-state index in [2.05, 4.69) is 16.3 Å². The third kappa shape index (κ3) is 7.00. The van der Waals surface area contributed by atoms with Crippen molar-refractivity contribution in [1.29, 1.82) is 0 Å². The fourth-order valence-corrected chi connectivity index (χ4v) is 2.49. The molecule has 0 spiro atoms. The molecule has 2 atom stereocenters. The summed E-state index contributed by atoms with van der Waals surface area (Å²) in [7, 11) is 0. The maximum atomic E-state index is 8.56. The summed E-state index contributed by atoms with van der Waals surface area (Å²) in [6.07, 6.45) is -0.278. The second-order valence-corrected chi connectivity index (χ2v) is 6.39. The molecule has 2 unspecified atom stereocenters. The summed E-state index contributed by atoms with van der Waals surface area (Å²) in [6, 6.07) is 16.9. The van der Waals surface area contributed by atoms with E-state index in [-0.39, 0.29) is 32.3 Å². The quantitative estimate of drug-likeness (QED) is 0.486. The van der Waals surface area contributed by atoms with Gasteiger partial charge in [0, 0.05) is 25.7 Å². The molecule has 0 bridgehead atoms. The molecular formula is C21H25IrN2O3-. The molecule has 0 saturated carbocycles. The van der Waals surface area contributed by atoms with Gasteiger partial charge in [-0.3, -0.25) is 0 Å². The number of aliphatic hydroxyl groups is 2. The van der Waals surface area contributed by atoms with Crippen LogP contribution >= 0.6 is 0 Å². The number of nitrogens with zero attached hydrogens (tertiary/aromatic N) is 2. The zero-order valence-electron chi connectivity index (χ0n) is 15.9. The van der Waals surface area contributed by atoms with E-state index in [0.29, 0.717) is 18.2 Å². The molecule has 1 aromatic heterocycles. The molecule has 0 aliphatic carbocycles. The summed E-state index contributed by atoms with van der Waals surface area (Å²) in [6.45, 7) is 7.35. The van der Waals surface area contributed by atoms with Gasteiger partial charge in [0.25, 0.3) is 0 Å². The van der Waals surface area contributed by atoms with Crippen LogP contribution < -0.4 is 0 Å². The standard InChI is InChI=1S/C16H13N2O.C5H12O2.Ir/c1-11-7-3-5-9-13(11)15-17-18-16(19-15)14-10-6-4-8-12(14)2;1-4(6)3-5(2)7;/h3-9H,1-2H3;4-7H,3H2,1-2H3;/q-1;;. The molecule has 3 rings (SSSR count). The average molecular weight is 546 g/mol. The average Bonchev–Trinajstić information content (AvgIpc) is 3.04. The third-order valence-corrected chi connectivity index (χ3v) is 3.76. The normalized spacial score (nSPS) is 12.4. The molecule has 6 heteroatoms. The van der Waals surface area contributed by atoms with Gasteiger partial charge in [-0.1, -0.05) is 30.7 Å². The molecule has 0 aliphatic heterocycles. The molecule has 0 aliphatic rings. The summed E-state index contributed by atoms with van der Waals surface area (Å²) in [5.74, 6) is 1.06. The Balaban J connectivity index is 0.000000395. The molecule has 3 aromatic rings. The topological polar surface area (TPSA) is 79.4 Å². The van der Waals surface area contributed by atoms with Crippen molar-refractivity contribution in [3.8, 4) is 22.9 Å². The first-order chi connectivity index (χ1) is 12.4. The fourth-order valence-electron chi connectivity index (χ4n) is 2.49. The molecule has 0 amide bonds. The van der Waals surface area contributed by atoms with Gasteiger partial charge >= 0.3 is 0 Å². The van der Waals surface area contributed by atoms with E-state index in [4.69, 9.17) is 14.6 Å². The molecule has 147 valence electrons. The van der Waals surface area contributed by atoms with Crippen molar-refractivity contribution in [1.82, 2.24) is 10.2 Å². The van der Waals surface area contributed by atoms with Crippen LogP contribution in [0.3, 0.4) is 0 Å². The first-order valence-corrected chi connectivity index (χ1v) is 8.61. The number of benzene rings is 2. The number of hydrogen-bond donors (Lipinski definition) is 2. The first kappa shape index (κ1) is 23.2. The Morgan fingerprint density at radius 1 is 0.926 bits per heavy atom. The zero-order valence-corrected chi connectivity index (χ0v) is 18.3. The van der Waals surface area contributed by atoms with Gasteiger partial charge in [0.2, 0.25) is 5.89 Å². The Morgan fingerprint density at radius 2 is 1.52 bits per heavy atom. The molecule has 0 saturated heterocycles. The van der Waals surface area contributed by atoms with E-state index in [1.54, 1.807) is 13.8 Å². The Bertz CT molecular complexity index is 766. The van der Waals surface area contributed by atoms with E-state index >= 15 is 0 Å². The summed E-state index contributed by atoms with van der Waals surface area (Å²) < 4.78 is 5.76.